The smallest absolute Gasteiger partial charge is 0.119 e. The third kappa shape index (κ3) is 4.63. The van der Waals surface area contributed by atoms with Gasteiger partial charge in [0.25, 0.3) is 0 Å². The van der Waals surface area contributed by atoms with Gasteiger partial charge in [0.05, 0.1) is 37.7 Å². The van der Waals surface area contributed by atoms with E-state index in [-0.39, 0.29) is 6.04 Å². The maximum Gasteiger partial charge on any atom is 0.119 e. The minimum Gasteiger partial charge on any atom is -0.497 e. The molecular weight excluding hydrogens is 470 g/mol. The molecule has 0 fully saturated rings. The van der Waals surface area contributed by atoms with E-state index in [9.17, 15) is 0 Å². The van der Waals surface area contributed by atoms with Crippen LogP contribution in [-0.2, 0) is 13.0 Å². The molecule has 1 atom stereocenters. The standard InChI is InChI=1S/C33H31N3O2/c1-3-38-28-19-15-25(16-20-28)31-33-32(24-9-5-4-6-10-24)35-30(21-23-13-17-27(37-2)18-14-23)36(33)22-26-11-7-8-12-29(26)34-31/h4-20,31,34H,3,21-22H2,1-2H3. The Balaban J connectivity index is 1.53. The predicted octanol–water partition coefficient (Wildman–Crippen LogP) is 7.11. The molecule has 1 N–H and O–H groups in total. The fourth-order valence-electron chi connectivity index (χ4n) is 5.21. The summed E-state index contributed by atoms with van der Waals surface area (Å²) in [6.45, 7) is 3.40. The van der Waals surface area contributed by atoms with Gasteiger partial charge in [0.1, 0.15) is 17.3 Å². The summed E-state index contributed by atoms with van der Waals surface area (Å²) < 4.78 is 13.5. The first-order chi connectivity index (χ1) is 18.7. The van der Waals surface area contributed by atoms with Gasteiger partial charge in [-0.05, 0) is 53.9 Å². The summed E-state index contributed by atoms with van der Waals surface area (Å²) in [4.78, 5) is 5.30. The molecule has 2 heterocycles. The Morgan fingerprint density at radius 1 is 0.842 bits per heavy atom. The van der Waals surface area contributed by atoms with Crippen LogP contribution in [0.3, 0.4) is 0 Å². The normalized spacial score (nSPS) is 14.1. The van der Waals surface area contributed by atoms with Gasteiger partial charge in [-0.25, -0.2) is 4.98 Å². The Labute approximate surface area is 223 Å². The number of aromatic nitrogens is 2. The van der Waals surface area contributed by atoms with E-state index in [0.29, 0.717) is 6.61 Å². The first-order valence-corrected chi connectivity index (χ1v) is 13.1. The van der Waals surface area contributed by atoms with E-state index in [1.807, 2.05) is 19.1 Å². The molecule has 0 spiro atoms. The monoisotopic (exact) mass is 501 g/mol. The number of ether oxygens (including phenoxy) is 2. The maximum absolute atomic E-state index is 5.73. The van der Waals surface area contributed by atoms with Crippen LogP contribution in [0, 0.1) is 0 Å². The highest BCUT2D eigenvalue weighted by Crippen LogP contribution is 2.39. The van der Waals surface area contributed by atoms with Gasteiger partial charge in [0.2, 0.25) is 0 Å². The molecule has 38 heavy (non-hydrogen) atoms. The molecule has 0 saturated heterocycles. The summed E-state index contributed by atoms with van der Waals surface area (Å²) in [5.74, 6) is 2.77. The molecule has 4 aromatic carbocycles. The van der Waals surface area contributed by atoms with Crippen molar-refractivity contribution in [3.8, 4) is 22.8 Å². The summed E-state index contributed by atoms with van der Waals surface area (Å²) in [5, 5.41) is 3.87. The lowest BCUT2D eigenvalue weighted by Crippen LogP contribution is -2.16. The van der Waals surface area contributed by atoms with Crippen LogP contribution in [0.25, 0.3) is 11.3 Å². The van der Waals surface area contributed by atoms with Gasteiger partial charge in [-0.2, -0.15) is 0 Å². The number of rotatable bonds is 7. The Hall–Kier alpha value is -4.51. The summed E-state index contributed by atoms with van der Waals surface area (Å²) in [5.41, 5.74) is 8.04. The number of fused-ring (bicyclic) bond motifs is 2. The van der Waals surface area contributed by atoms with E-state index in [0.717, 1.165) is 47.2 Å². The molecular formula is C33H31N3O2. The number of nitrogens with one attached hydrogen (secondary N) is 1. The first-order valence-electron chi connectivity index (χ1n) is 13.1. The number of methoxy groups -OCH3 is 1. The van der Waals surface area contributed by atoms with Crippen molar-refractivity contribution in [3.63, 3.8) is 0 Å². The van der Waals surface area contributed by atoms with Crippen LogP contribution >= 0.6 is 0 Å². The van der Waals surface area contributed by atoms with Gasteiger partial charge in [-0.15, -0.1) is 0 Å². The molecule has 5 nitrogen and oxygen atoms in total. The number of hydrogen-bond donors (Lipinski definition) is 1. The van der Waals surface area contributed by atoms with Gasteiger partial charge in [-0.1, -0.05) is 72.8 Å². The van der Waals surface area contributed by atoms with Crippen molar-refractivity contribution >= 4 is 5.69 Å². The van der Waals surface area contributed by atoms with Crippen LogP contribution in [0.15, 0.2) is 103 Å². The zero-order valence-electron chi connectivity index (χ0n) is 21.7. The molecule has 0 aliphatic carbocycles. The van der Waals surface area contributed by atoms with E-state index in [4.69, 9.17) is 14.5 Å². The number of imidazole rings is 1. The minimum absolute atomic E-state index is 0.0818. The SMILES string of the molecule is CCOc1ccc(C2Nc3ccccc3Cn3c(Cc4ccc(OC)cc4)nc(-c4ccccc4)c32)cc1. The molecule has 1 aliphatic heterocycles. The number of anilines is 1. The van der Waals surface area contributed by atoms with Gasteiger partial charge >= 0.3 is 0 Å². The van der Waals surface area contributed by atoms with Crippen molar-refractivity contribution in [2.24, 2.45) is 0 Å². The number of para-hydroxylation sites is 1. The predicted molar refractivity (Wildman–Crippen MR) is 152 cm³/mol. The molecule has 1 aromatic heterocycles. The molecule has 5 heteroatoms. The number of hydrogen-bond acceptors (Lipinski definition) is 4. The fraction of sp³-hybridized carbons (Fsp3) is 0.182. The number of benzene rings is 4. The van der Waals surface area contributed by atoms with Gasteiger partial charge in [0.15, 0.2) is 0 Å². The van der Waals surface area contributed by atoms with Crippen molar-refractivity contribution in [1.29, 1.82) is 0 Å². The first kappa shape index (κ1) is 23.9. The van der Waals surface area contributed by atoms with Crippen LogP contribution in [0.2, 0.25) is 0 Å². The molecule has 5 aromatic rings. The fourth-order valence-corrected chi connectivity index (χ4v) is 5.21. The van der Waals surface area contributed by atoms with Gasteiger partial charge < -0.3 is 19.4 Å². The van der Waals surface area contributed by atoms with Crippen molar-refractivity contribution < 1.29 is 9.47 Å². The molecule has 1 unspecified atom stereocenters. The summed E-state index contributed by atoms with van der Waals surface area (Å²) >= 11 is 0. The lowest BCUT2D eigenvalue weighted by molar-refractivity contribution is 0.340. The maximum atomic E-state index is 5.73. The Morgan fingerprint density at radius 2 is 1.55 bits per heavy atom. The highest BCUT2D eigenvalue weighted by Gasteiger charge is 2.30. The average molecular weight is 502 g/mol. The lowest BCUT2D eigenvalue weighted by Gasteiger charge is -2.21. The second-order valence-corrected chi connectivity index (χ2v) is 9.48. The molecule has 0 saturated carbocycles. The minimum atomic E-state index is -0.0818. The third-order valence-electron chi connectivity index (χ3n) is 7.10. The lowest BCUT2D eigenvalue weighted by atomic mass is 9.99. The molecule has 0 amide bonds. The van der Waals surface area contributed by atoms with Crippen LogP contribution in [0.5, 0.6) is 11.5 Å². The summed E-state index contributed by atoms with van der Waals surface area (Å²) in [6.07, 6.45) is 0.724. The van der Waals surface area contributed by atoms with Crippen molar-refractivity contribution in [2.45, 2.75) is 25.9 Å². The van der Waals surface area contributed by atoms with E-state index in [1.165, 1.54) is 22.4 Å². The Morgan fingerprint density at radius 3 is 2.29 bits per heavy atom. The third-order valence-corrected chi connectivity index (χ3v) is 7.10. The Kier molecular flexibility index (Phi) is 6.57. The second kappa shape index (κ2) is 10.5. The van der Waals surface area contributed by atoms with Crippen LogP contribution in [-0.4, -0.2) is 23.3 Å². The molecule has 0 bridgehead atoms. The Bertz CT molecular complexity index is 1520. The molecule has 190 valence electrons. The number of nitrogens with zero attached hydrogens (tertiary/aromatic N) is 2. The van der Waals surface area contributed by atoms with Crippen molar-refractivity contribution in [2.75, 3.05) is 19.0 Å². The van der Waals surface area contributed by atoms with Crippen LogP contribution in [0.1, 0.15) is 41.2 Å². The van der Waals surface area contributed by atoms with Crippen LogP contribution in [0.4, 0.5) is 5.69 Å². The van der Waals surface area contributed by atoms with E-state index in [1.54, 1.807) is 7.11 Å². The molecule has 1 aliphatic rings. The zero-order valence-corrected chi connectivity index (χ0v) is 21.7. The largest absolute Gasteiger partial charge is 0.497 e. The van der Waals surface area contributed by atoms with Gasteiger partial charge in [-0.3, -0.25) is 0 Å². The highest BCUT2D eigenvalue weighted by atomic mass is 16.5. The molecule has 0 radical (unpaired) electrons. The summed E-state index contributed by atoms with van der Waals surface area (Å²) in [6, 6.07) is 35.7. The molecule has 6 rings (SSSR count). The van der Waals surface area contributed by atoms with E-state index < -0.39 is 0 Å². The topological polar surface area (TPSA) is 48.3 Å². The van der Waals surface area contributed by atoms with E-state index >= 15 is 0 Å². The van der Waals surface area contributed by atoms with E-state index in [2.05, 4.69) is 101 Å². The van der Waals surface area contributed by atoms with Crippen molar-refractivity contribution in [1.82, 2.24) is 9.55 Å². The zero-order chi connectivity index (χ0) is 25.9. The van der Waals surface area contributed by atoms with Crippen LogP contribution < -0.4 is 14.8 Å². The quantitative estimate of drug-likeness (QED) is 0.258. The average Bonchev–Trinajstić information content (AvgIpc) is 3.21. The highest BCUT2D eigenvalue weighted by molar-refractivity contribution is 5.67. The van der Waals surface area contributed by atoms with Gasteiger partial charge in [0, 0.05) is 17.7 Å². The second-order valence-electron chi connectivity index (χ2n) is 9.48. The summed E-state index contributed by atoms with van der Waals surface area (Å²) in [7, 11) is 1.70. The van der Waals surface area contributed by atoms with Crippen molar-refractivity contribution in [3.05, 3.63) is 131 Å².